The molecule has 0 unspecified atom stereocenters. The second kappa shape index (κ2) is 21.4. The van der Waals surface area contributed by atoms with Crippen molar-refractivity contribution in [2.24, 2.45) is 29.6 Å². The maximum Gasteiger partial charge on any atom is 0.329 e. The van der Waals surface area contributed by atoms with E-state index >= 15 is 0 Å². The Morgan fingerprint density at radius 2 is 1.63 bits per heavy atom. The fraction of sp³-hybridized carbons (Fsp3) is 0.818. The van der Waals surface area contributed by atoms with Gasteiger partial charge in [0.15, 0.2) is 5.78 Å². The number of aliphatic hydroxyl groups excluding tert-OH is 1. The normalized spacial score (nSPS) is 41.3. The third kappa shape index (κ3) is 12.0. The fourth-order valence-electron chi connectivity index (χ4n) is 9.58. The molecule has 0 aromatic rings. The van der Waals surface area contributed by atoms with E-state index in [1.165, 1.54) is 12.0 Å². The summed E-state index contributed by atoms with van der Waals surface area (Å²) in [5.41, 5.74) is 1.73. The van der Waals surface area contributed by atoms with Crippen LogP contribution in [0.2, 0.25) is 0 Å². The zero-order chi connectivity index (χ0) is 42.2. The van der Waals surface area contributed by atoms with Gasteiger partial charge in [-0.25, -0.2) is 4.79 Å². The molecule has 2 N–H and O–H groups in total. The number of Topliss-reactive ketones (excluding diaryl/α,β-unsaturated/α-hetero) is 2. The van der Waals surface area contributed by atoms with Crippen LogP contribution < -0.4 is 0 Å². The summed E-state index contributed by atoms with van der Waals surface area (Å²) in [5, 5.41) is 23.7. The number of esters is 1. The second-order valence-corrected chi connectivity index (χ2v) is 18.1. The van der Waals surface area contributed by atoms with Gasteiger partial charge in [0.05, 0.1) is 36.2 Å². The molecule has 57 heavy (non-hydrogen) atoms. The number of amides is 1. The first-order valence-electron chi connectivity index (χ1n) is 21.2. The smallest absolute Gasteiger partial charge is 0.329 e. The van der Waals surface area contributed by atoms with Gasteiger partial charge in [0.2, 0.25) is 11.7 Å². The Bertz CT molecular complexity index is 1450. The maximum atomic E-state index is 14.3. The number of ether oxygens (including phenoxy) is 5. The van der Waals surface area contributed by atoms with Gasteiger partial charge in [-0.05, 0) is 95.5 Å². The first-order chi connectivity index (χ1) is 27.0. The van der Waals surface area contributed by atoms with Crippen molar-refractivity contribution in [3.8, 4) is 0 Å². The lowest BCUT2D eigenvalue weighted by Crippen LogP contribution is -2.55. The van der Waals surface area contributed by atoms with Crippen LogP contribution in [0.4, 0.5) is 0 Å². The lowest BCUT2D eigenvalue weighted by Gasteiger charge is -2.39. The number of carbonyl (C=O) groups is 4. The van der Waals surface area contributed by atoms with Gasteiger partial charge in [0.1, 0.15) is 24.0 Å². The van der Waals surface area contributed by atoms with E-state index in [0.717, 1.165) is 24.0 Å². The van der Waals surface area contributed by atoms with E-state index in [1.54, 1.807) is 28.1 Å². The van der Waals surface area contributed by atoms with E-state index in [9.17, 15) is 29.4 Å². The van der Waals surface area contributed by atoms with Gasteiger partial charge in [0, 0.05) is 52.0 Å². The van der Waals surface area contributed by atoms with Crippen LogP contribution in [-0.2, 0) is 42.9 Å². The molecule has 0 aromatic carbocycles. The van der Waals surface area contributed by atoms with Crippen molar-refractivity contribution in [3.05, 3.63) is 23.3 Å². The molecule has 0 spiro atoms. The molecule has 13 heteroatoms. The van der Waals surface area contributed by atoms with Gasteiger partial charge >= 0.3 is 5.97 Å². The third-order valence-electron chi connectivity index (χ3n) is 13.0. The molecule has 12 nitrogen and oxygen atoms in total. The van der Waals surface area contributed by atoms with Crippen LogP contribution in [0, 0.1) is 29.6 Å². The summed E-state index contributed by atoms with van der Waals surface area (Å²) < 4.78 is 30.1. The van der Waals surface area contributed by atoms with Crippen LogP contribution in [0.25, 0.3) is 0 Å². The molecule has 3 aliphatic heterocycles. The van der Waals surface area contributed by atoms with Crippen molar-refractivity contribution in [1.82, 2.24) is 4.90 Å². The Hall–Kier alpha value is -2.19. The number of hydrogen-bond donors (Lipinski definition) is 2. The number of cyclic esters (lactones) is 1. The van der Waals surface area contributed by atoms with E-state index in [1.807, 2.05) is 26.8 Å². The van der Waals surface area contributed by atoms with Crippen molar-refractivity contribution >= 4 is 35.0 Å². The number of methoxy groups -OCH3 is 3. The van der Waals surface area contributed by atoms with Crippen LogP contribution in [0.15, 0.2) is 23.3 Å². The summed E-state index contributed by atoms with van der Waals surface area (Å²) in [4.78, 5) is 57.8. The van der Waals surface area contributed by atoms with Crippen LogP contribution in [0.5, 0.6) is 0 Å². The molecule has 14 atom stereocenters. The molecular weight excluding hydrogens is 754 g/mol. The van der Waals surface area contributed by atoms with Gasteiger partial charge in [-0.15, -0.1) is 11.6 Å². The first kappa shape index (κ1) is 47.5. The predicted molar refractivity (Wildman–Crippen MR) is 216 cm³/mol. The van der Waals surface area contributed by atoms with Crippen molar-refractivity contribution < 1.29 is 53.1 Å². The summed E-state index contributed by atoms with van der Waals surface area (Å²) in [6, 6.07) is -0.999. The van der Waals surface area contributed by atoms with E-state index in [4.69, 9.17) is 35.3 Å². The number of halogens is 1. The fourth-order valence-corrected chi connectivity index (χ4v) is 9.91. The van der Waals surface area contributed by atoms with E-state index < -0.39 is 84.2 Å². The SMILES string of the molecule is CC[C@@H]1/C=C(\C)C[C@H](C)C[C@H](OC)[C@H]2O[C@@](O)(CC(=O)N3CCCC[C@H]3C(=O)O[C@H](/C(C)=C/[C@@H]3CC[C@H](Cl)[C@H](OC)C3)[C@H](C)[C@@H](O)CC1=O)C(=O)[C@H](C)C[C@@H]2OC. The number of fused-ring (bicyclic) bond motifs is 3. The van der Waals surface area contributed by atoms with Gasteiger partial charge in [-0.3, -0.25) is 14.4 Å². The van der Waals surface area contributed by atoms with Crippen LogP contribution in [0.1, 0.15) is 119 Å². The van der Waals surface area contributed by atoms with E-state index in [2.05, 4.69) is 13.0 Å². The molecule has 2 saturated heterocycles. The lowest BCUT2D eigenvalue weighted by atomic mass is 9.82. The highest BCUT2D eigenvalue weighted by molar-refractivity contribution is 6.21. The molecule has 1 amide bonds. The number of allylic oxidation sites excluding steroid dienone is 3. The Balaban J connectivity index is 1.77. The Kier molecular flexibility index (Phi) is 17.8. The first-order valence-corrected chi connectivity index (χ1v) is 21.6. The number of ketones is 2. The highest BCUT2D eigenvalue weighted by Gasteiger charge is 2.52. The minimum Gasteiger partial charge on any atom is -0.456 e. The van der Waals surface area contributed by atoms with Crippen molar-refractivity contribution in [1.29, 1.82) is 0 Å². The molecule has 0 radical (unpaired) electrons. The number of carbonyl (C=O) groups excluding carboxylic acids is 4. The highest BCUT2D eigenvalue weighted by Crippen LogP contribution is 2.37. The van der Waals surface area contributed by atoms with Crippen LogP contribution in [-0.4, -0.2) is 120 Å². The molecule has 1 saturated carbocycles. The second-order valence-electron chi connectivity index (χ2n) is 17.5. The number of piperidine rings is 1. The van der Waals surface area contributed by atoms with E-state index in [0.29, 0.717) is 44.9 Å². The van der Waals surface area contributed by atoms with Crippen molar-refractivity contribution in [3.63, 3.8) is 0 Å². The zero-order valence-corrected chi connectivity index (χ0v) is 36.5. The topological polar surface area (TPSA) is 158 Å². The maximum absolute atomic E-state index is 14.3. The molecular formula is C44H70ClNO11. The Morgan fingerprint density at radius 1 is 0.965 bits per heavy atom. The molecule has 4 rings (SSSR count). The van der Waals surface area contributed by atoms with Gasteiger partial charge in [-0.2, -0.15) is 0 Å². The third-order valence-corrected chi connectivity index (χ3v) is 13.5. The molecule has 324 valence electrons. The summed E-state index contributed by atoms with van der Waals surface area (Å²) in [6.45, 7) is 11.6. The number of hydrogen-bond acceptors (Lipinski definition) is 11. The van der Waals surface area contributed by atoms with Crippen LogP contribution in [0.3, 0.4) is 0 Å². The quantitative estimate of drug-likeness (QED) is 0.181. The monoisotopic (exact) mass is 823 g/mol. The Morgan fingerprint density at radius 3 is 2.28 bits per heavy atom. The van der Waals surface area contributed by atoms with Gasteiger partial charge in [-0.1, -0.05) is 45.4 Å². The van der Waals surface area contributed by atoms with Crippen molar-refractivity contribution in [2.75, 3.05) is 27.9 Å². The summed E-state index contributed by atoms with van der Waals surface area (Å²) in [7, 11) is 4.72. The highest BCUT2D eigenvalue weighted by atomic mass is 35.5. The van der Waals surface area contributed by atoms with E-state index in [-0.39, 0.29) is 48.5 Å². The summed E-state index contributed by atoms with van der Waals surface area (Å²) in [5.74, 6) is -6.15. The number of aliphatic hydroxyl groups is 2. The number of rotatable bonds is 6. The molecule has 4 aliphatic rings. The molecule has 3 heterocycles. The lowest BCUT2D eigenvalue weighted by molar-refractivity contribution is -0.253. The number of alkyl halides is 1. The molecule has 2 bridgehead atoms. The largest absolute Gasteiger partial charge is 0.456 e. The number of nitrogens with zero attached hydrogens (tertiary/aromatic N) is 1. The van der Waals surface area contributed by atoms with Crippen molar-refractivity contribution in [2.45, 2.75) is 172 Å². The zero-order valence-electron chi connectivity index (χ0n) is 35.7. The van der Waals surface area contributed by atoms with Crippen LogP contribution >= 0.6 is 11.6 Å². The average molecular weight is 824 g/mol. The predicted octanol–water partition coefficient (Wildman–Crippen LogP) is 6.11. The van der Waals surface area contributed by atoms with Gasteiger partial charge in [0.25, 0.3) is 0 Å². The Labute approximate surface area is 345 Å². The molecule has 0 aromatic heterocycles. The standard InChI is InChI=1S/C44H70ClNO11/c1-10-31-18-25(2)17-26(3)19-37(54-8)41-38(55-9)21-28(5)42(50)44(52,57-41)24-39(49)46-16-12-11-13-33(46)43(51)56-40(29(6)34(47)23-35(31)48)27(4)20-30-14-15-32(45)36(22-30)53-7/h18,20,26,28-34,36-38,40-41,47,52H,10-17,19,21-24H2,1-9H3/b25-18+,27-20+/t26-,28+,29+,30-,31+,32-,33-,34-,36+,37-,38-,40+,41+,44-/m0/s1. The minimum atomic E-state index is -2.49. The van der Waals surface area contributed by atoms with Gasteiger partial charge < -0.3 is 38.8 Å². The molecule has 1 aliphatic carbocycles. The summed E-state index contributed by atoms with van der Waals surface area (Å²) >= 11 is 6.54. The minimum absolute atomic E-state index is 0.0391. The average Bonchev–Trinajstić information content (AvgIpc) is 3.27. The molecule has 3 fully saturated rings. The summed E-state index contributed by atoms with van der Waals surface area (Å²) in [6.07, 6.45) is 4.71.